The van der Waals surface area contributed by atoms with E-state index in [9.17, 15) is 4.79 Å². The number of nitrogens with zero attached hydrogens (tertiary/aromatic N) is 2. The number of rotatable bonds is 4. The molecule has 1 aliphatic rings. The highest BCUT2D eigenvalue weighted by molar-refractivity contribution is 6.04. The van der Waals surface area contributed by atoms with Crippen molar-refractivity contribution >= 4 is 22.9 Å². The van der Waals surface area contributed by atoms with Crippen LogP contribution in [0.3, 0.4) is 0 Å². The van der Waals surface area contributed by atoms with Crippen LogP contribution >= 0.6 is 0 Å². The van der Waals surface area contributed by atoms with Gasteiger partial charge in [-0.15, -0.1) is 0 Å². The zero-order chi connectivity index (χ0) is 16.4. The van der Waals surface area contributed by atoms with Gasteiger partial charge in [0.1, 0.15) is 0 Å². The zero-order valence-electron chi connectivity index (χ0n) is 13.3. The minimum Gasteiger partial charge on any atom is -0.277 e. The number of hydrogen-bond donors (Lipinski definition) is 0. The summed E-state index contributed by atoms with van der Waals surface area (Å²) in [6.45, 7) is 0. The van der Waals surface area contributed by atoms with Gasteiger partial charge >= 0.3 is 0 Å². The summed E-state index contributed by atoms with van der Waals surface area (Å²) in [5.74, 6) is 0. The van der Waals surface area contributed by atoms with Crippen molar-refractivity contribution in [3.63, 3.8) is 0 Å². The van der Waals surface area contributed by atoms with Crippen LogP contribution < -0.4 is 0 Å². The van der Waals surface area contributed by atoms with Gasteiger partial charge < -0.3 is 0 Å². The van der Waals surface area contributed by atoms with Crippen LogP contribution in [-0.2, 0) is 11.2 Å². The summed E-state index contributed by atoms with van der Waals surface area (Å²) in [7, 11) is 0. The number of fused-ring (bicyclic) bond motifs is 1. The molecule has 4 rings (SSSR count). The van der Waals surface area contributed by atoms with Crippen molar-refractivity contribution in [2.24, 2.45) is 5.10 Å². The third-order valence-corrected chi connectivity index (χ3v) is 4.54. The lowest BCUT2D eigenvalue weighted by Crippen LogP contribution is -2.27. The Morgan fingerprint density at radius 2 is 1.71 bits per heavy atom. The van der Waals surface area contributed by atoms with Crippen LogP contribution in [0.1, 0.15) is 17.5 Å². The summed E-state index contributed by atoms with van der Waals surface area (Å²) in [5, 5.41) is 8.52. The second-order valence-corrected chi connectivity index (χ2v) is 6.14. The van der Waals surface area contributed by atoms with Crippen LogP contribution in [0.15, 0.2) is 77.9 Å². The largest absolute Gasteiger partial charge is 0.277 e. The average Bonchev–Trinajstić information content (AvgIpc) is 3.05. The molecule has 0 N–H and O–H groups in total. The van der Waals surface area contributed by atoms with E-state index in [0.717, 1.165) is 30.5 Å². The molecule has 1 aliphatic heterocycles. The number of carbonyl (C=O) groups excluding carboxylic acids is 1. The van der Waals surface area contributed by atoms with Gasteiger partial charge in [0.15, 0.2) is 0 Å². The van der Waals surface area contributed by atoms with E-state index in [2.05, 4.69) is 47.6 Å². The Kier molecular flexibility index (Phi) is 3.83. The van der Waals surface area contributed by atoms with Crippen molar-refractivity contribution in [3.8, 4) is 0 Å². The van der Waals surface area contributed by atoms with Gasteiger partial charge in [0.05, 0.1) is 11.8 Å². The van der Waals surface area contributed by atoms with E-state index in [1.54, 1.807) is 5.01 Å². The van der Waals surface area contributed by atoms with Crippen LogP contribution in [-0.4, -0.2) is 23.2 Å². The minimum atomic E-state index is 0.0892. The fraction of sp³-hybridized carbons (Fsp3) is 0.143. The molecule has 0 saturated heterocycles. The monoisotopic (exact) mass is 314 g/mol. The molecule has 0 bridgehead atoms. The lowest BCUT2D eigenvalue weighted by molar-refractivity contribution is -0.119. The predicted octanol–water partition coefficient (Wildman–Crippen LogP) is 4.02. The molecule has 3 aromatic rings. The van der Waals surface area contributed by atoms with E-state index in [1.165, 1.54) is 16.3 Å². The number of benzene rings is 3. The van der Waals surface area contributed by atoms with Crippen molar-refractivity contribution in [3.05, 3.63) is 83.9 Å². The average molecular weight is 314 g/mol. The molecule has 1 unspecified atom stereocenters. The third kappa shape index (κ3) is 2.81. The second kappa shape index (κ2) is 6.28. The van der Waals surface area contributed by atoms with Crippen molar-refractivity contribution in [1.82, 2.24) is 5.01 Å². The first-order valence-corrected chi connectivity index (χ1v) is 8.18. The Hall–Kier alpha value is -2.94. The van der Waals surface area contributed by atoms with Crippen molar-refractivity contribution in [1.29, 1.82) is 0 Å². The summed E-state index contributed by atoms with van der Waals surface area (Å²) >= 11 is 0. The first-order valence-electron chi connectivity index (χ1n) is 8.18. The molecule has 0 saturated carbocycles. The summed E-state index contributed by atoms with van der Waals surface area (Å²) in [6, 6.07) is 25.0. The zero-order valence-corrected chi connectivity index (χ0v) is 13.3. The Bertz CT molecular complexity index is 902. The number of hydrazone groups is 1. The van der Waals surface area contributed by atoms with E-state index >= 15 is 0 Å². The molecular weight excluding hydrogens is 296 g/mol. The molecular formula is C21H18N2O. The molecule has 1 atom stereocenters. The Labute approximate surface area is 141 Å². The van der Waals surface area contributed by atoms with Crippen molar-refractivity contribution in [2.75, 3.05) is 0 Å². The van der Waals surface area contributed by atoms with E-state index in [-0.39, 0.29) is 6.04 Å². The highest BCUT2D eigenvalue weighted by Crippen LogP contribution is 2.24. The molecule has 1 amide bonds. The molecule has 0 fully saturated rings. The quantitative estimate of drug-likeness (QED) is 0.670. The lowest BCUT2D eigenvalue weighted by Gasteiger charge is -2.16. The van der Waals surface area contributed by atoms with Gasteiger partial charge in [-0.25, -0.2) is 5.01 Å². The Morgan fingerprint density at radius 1 is 0.958 bits per heavy atom. The molecule has 3 heteroatoms. The maximum absolute atomic E-state index is 11.4. The summed E-state index contributed by atoms with van der Waals surface area (Å²) < 4.78 is 0. The fourth-order valence-electron chi connectivity index (χ4n) is 3.28. The summed E-state index contributed by atoms with van der Waals surface area (Å²) in [6.07, 6.45) is 2.44. The molecule has 0 aromatic heterocycles. The second-order valence-electron chi connectivity index (χ2n) is 6.14. The highest BCUT2D eigenvalue weighted by Gasteiger charge is 2.27. The van der Waals surface area contributed by atoms with E-state index < -0.39 is 0 Å². The first-order chi connectivity index (χ1) is 11.8. The molecule has 0 aliphatic carbocycles. The molecule has 0 radical (unpaired) electrons. The Balaban J connectivity index is 1.60. The summed E-state index contributed by atoms with van der Waals surface area (Å²) in [4.78, 5) is 11.4. The number of amides is 1. The normalized spacial score (nSPS) is 17.1. The number of hydrogen-bond acceptors (Lipinski definition) is 2. The summed E-state index contributed by atoms with van der Waals surface area (Å²) in [5.41, 5.74) is 3.30. The maximum Gasteiger partial charge on any atom is 0.230 e. The van der Waals surface area contributed by atoms with Gasteiger partial charge in [0, 0.05) is 6.42 Å². The maximum atomic E-state index is 11.4. The lowest BCUT2D eigenvalue weighted by atomic mass is 9.97. The fourth-order valence-corrected chi connectivity index (χ4v) is 3.28. The highest BCUT2D eigenvalue weighted by atomic mass is 16.1. The SMILES string of the molecule is O=CN1N=C(c2ccc3ccccc3c2)CC1Cc1ccccc1. The van der Waals surface area contributed by atoms with Crippen LogP contribution in [0.4, 0.5) is 0 Å². The van der Waals surface area contributed by atoms with Gasteiger partial charge in [0.2, 0.25) is 6.41 Å². The van der Waals surface area contributed by atoms with Crippen LogP contribution in [0.5, 0.6) is 0 Å². The third-order valence-electron chi connectivity index (χ3n) is 4.54. The first kappa shape index (κ1) is 14.6. The molecule has 3 aromatic carbocycles. The molecule has 1 heterocycles. The van der Waals surface area contributed by atoms with Gasteiger partial charge in [-0.05, 0) is 34.4 Å². The van der Waals surface area contributed by atoms with E-state index in [0.29, 0.717) is 0 Å². The minimum absolute atomic E-state index is 0.0892. The van der Waals surface area contributed by atoms with E-state index in [4.69, 9.17) is 0 Å². The van der Waals surface area contributed by atoms with Gasteiger partial charge in [0.25, 0.3) is 0 Å². The molecule has 24 heavy (non-hydrogen) atoms. The van der Waals surface area contributed by atoms with Crippen LogP contribution in [0, 0.1) is 0 Å². The number of carbonyl (C=O) groups is 1. The smallest absolute Gasteiger partial charge is 0.230 e. The van der Waals surface area contributed by atoms with Crippen molar-refractivity contribution in [2.45, 2.75) is 18.9 Å². The van der Waals surface area contributed by atoms with Gasteiger partial charge in [-0.3, -0.25) is 4.79 Å². The predicted molar refractivity (Wildman–Crippen MR) is 96.9 cm³/mol. The van der Waals surface area contributed by atoms with Crippen LogP contribution in [0.2, 0.25) is 0 Å². The standard InChI is InChI=1S/C21H18N2O/c24-15-23-20(12-16-6-2-1-3-7-16)14-21(22-23)19-11-10-17-8-4-5-9-18(17)13-19/h1-11,13,15,20H,12,14H2. The van der Waals surface area contributed by atoms with Crippen LogP contribution in [0.25, 0.3) is 10.8 Å². The Morgan fingerprint density at radius 3 is 2.50 bits per heavy atom. The topological polar surface area (TPSA) is 32.7 Å². The van der Waals surface area contributed by atoms with Gasteiger partial charge in [-0.2, -0.15) is 5.10 Å². The molecule has 3 nitrogen and oxygen atoms in total. The molecule has 118 valence electrons. The van der Waals surface area contributed by atoms with E-state index in [1.807, 2.05) is 30.3 Å². The van der Waals surface area contributed by atoms with Gasteiger partial charge in [-0.1, -0.05) is 66.7 Å². The molecule has 0 spiro atoms. The van der Waals surface area contributed by atoms with Crippen molar-refractivity contribution < 1.29 is 4.79 Å².